The Morgan fingerprint density at radius 2 is 1.74 bits per heavy atom. The summed E-state index contributed by atoms with van der Waals surface area (Å²) < 4.78 is 23.3. The molecule has 0 aromatic rings. The highest BCUT2D eigenvalue weighted by atomic mass is 127. The van der Waals surface area contributed by atoms with E-state index in [0.29, 0.717) is 18.1 Å². The number of hydrogen-bond acceptors (Lipinski definition) is 4. The van der Waals surface area contributed by atoms with Gasteiger partial charge < -0.3 is 10.6 Å². The fourth-order valence-corrected chi connectivity index (χ4v) is 6.79. The van der Waals surface area contributed by atoms with Crippen LogP contribution in [0.4, 0.5) is 0 Å². The van der Waals surface area contributed by atoms with Gasteiger partial charge >= 0.3 is 0 Å². The number of hydrogen-bond donors (Lipinski definition) is 2. The summed E-state index contributed by atoms with van der Waals surface area (Å²) in [7, 11) is -1.01. The number of nitrogens with zero attached hydrogens (tertiary/aromatic N) is 2. The lowest BCUT2D eigenvalue weighted by Crippen LogP contribution is -2.59. The average Bonchev–Trinajstić information content (AvgIpc) is 3.02. The van der Waals surface area contributed by atoms with Gasteiger partial charge in [0.1, 0.15) is 0 Å². The Hall–Kier alpha value is -0.0900. The van der Waals surface area contributed by atoms with E-state index in [4.69, 9.17) is 0 Å². The summed E-state index contributed by atoms with van der Waals surface area (Å²) in [6.07, 6.45) is 11.3. The summed E-state index contributed by atoms with van der Waals surface area (Å²) in [6.45, 7) is 4.09. The molecule has 3 aliphatic rings. The highest BCUT2D eigenvalue weighted by Gasteiger charge is 2.38. The van der Waals surface area contributed by atoms with Crippen LogP contribution >= 0.6 is 24.0 Å². The Bertz CT molecular complexity index is 585. The number of likely N-dealkylation sites (tertiary alicyclic amines) is 1. The molecule has 27 heavy (non-hydrogen) atoms. The maximum Gasteiger partial charge on any atom is 0.191 e. The molecule has 2 heterocycles. The lowest BCUT2D eigenvalue weighted by atomic mass is 9.79. The van der Waals surface area contributed by atoms with Crippen LogP contribution in [0.25, 0.3) is 0 Å². The Labute approximate surface area is 182 Å². The van der Waals surface area contributed by atoms with E-state index in [2.05, 4.69) is 20.5 Å². The van der Waals surface area contributed by atoms with Crippen molar-refractivity contribution < 1.29 is 8.42 Å². The molecule has 0 amide bonds. The molecule has 6 nitrogen and oxygen atoms in total. The van der Waals surface area contributed by atoms with Gasteiger partial charge in [0.25, 0.3) is 0 Å². The fourth-order valence-electron chi connectivity index (χ4n) is 4.93. The van der Waals surface area contributed by atoms with Crippen molar-refractivity contribution in [3.8, 4) is 0 Å². The second-order valence-corrected chi connectivity index (χ2v) is 10.6. The van der Waals surface area contributed by atoms with Gasteiger partial charge in [-0.2, -0.15) is 0 Å². The van der Waals surface area contributed by atoms with Gasteiger partial charge in [-0.05, 0) is 51.1 Å². The van der Waals surface area contributed by atoms with Crippen LogP contribution in [0.5, 0.6) is 0 Å². The molecule has 0 aromatic heterocycles. The molecule has 1 saturated carbocycles. The monoisotopic (exact) mass is 512 g/mol. The normalized spacial score (nSPS) is 28.3. The summed E-state index contributed by atoms with van der Waals surface area (Å²) in [5.74, 6) is 1.68. The van der Waals surface area contributed by atoms with Crippen LogP contribution in [0, 0.1) is 5.92 Å². The van der Waals surface area contributed by atoms with Crippen molar-refractivity contribution in [2.75, 3.05) is 44.7 Å². The average molecular weight is 513 g/mol. The molecule has 0 aromatic carbocycles. The minimum Gasteiger partial charge on any atom is -0.356 e. The molecule has 2 saturated heterocycles. The van der Waals surface area contributed by atoms with Gasteiger partial charge in [-0.15, -0.1) is 24.0 Å². The Morgan fingerprint density at radius 3 is 2.33 bits per heavy atom. The zero-order chi connectivity index (χ0) is 18.5. The number of rotatable bonds is 5. The topological polar surface area (TPSA) is 73.8 Å². The van der Waals surface area contributed by atoms with Gasteiger partial charge in [-0.3, -0.25) is 9.89 Å². The molecular formula is C19H37IN4O2S. The molecule has 3 fully saturated rings. The number of halogens is 1. The standard InChI is InChI=1S/C19H36N4O2S.HI/c1-20-18(21-14-17-8-13-26(24,25)15-17)22-16-19(9-4-2-5-10-19)23-11-6-3-7-12-23;/h17H,2-16H2,1H3,(H2,20,21,22);1H. The van der Waals surface area contributed by atoms with Gasteiger partial charge in [0.2, 0.25) is 0 Å². The number of aliphatic imine (C=N–C) groups is 1. The summed E-state index contributed by atoms with van der Waals surface area (Å²) in [6, 6.07) is 0. The molecule has 0 spiro atoms. The first kappa shape index (κ1) is 23.2. The first-order valence-electron chi connectivity index (χ1n) is 10.4. The van der Waals surface area contributed by atoms with Crippen LogP contribution < -0.4 is 10.6 Å². The smallest absolute Gasteiger partial charge is 0.191 e. The van der Waals surface area contributed by atoms with E-state index < -0.39 is 9.84 Å². The summed E-state index contributed by atoms with van der Waals surface area (Å²) in [4.78, 5) is 7.11. The molecule has 3 rings (SSSR count). The Morgan fingerprint density at radius 1 is 1.07 bits per heavy atom. The highest BCUT2D eigenvalue weighted by molar-refractivity contribution is 14.0. The highest BCUT2D eigenvalue weighted by Crippen LogP contribution is 2.35. The maximum absolute atomic E-state index is 11.6. The van der Waals surface area contributed by atoms with Crippen molar-refractivity contribution in [1.29, 1.82) is 0 Å². The predicted molar refractivity (Wildman–Crippen MR) is 123 cm³/mol. The number of sulfone groups is 1. The third kappa shape index (κ3) is 6.45. The van der Waals surface area contributed by atoms with Crippen LogP contribution in [0.2, 0.25) is 0 Å². The predicted octanol–water partition coefficient (Wildman–Crippen LogP) is 2.39. The minimum atomic E-state index is -2.81. The molecule has 1 aliphatic carbocycles. The number of guanidine groups is 1. The van der Waals surface area contributed by atoms with Crippen LogP contribution in [0.1, 0.15) is 57.8 Å². The molecule has 2 aliphatic heterocycles. The van der Waals surface area contributed by atoms with Crippen molar-refractivity contribution >= 4 is 39.8 Å². The van der Waals surface area contributed by atoms with E-state index in [1.165, 1.54) is 64.5 Å². The van der Waals surface area contributed by atoms with Crippen LogP contribution in [0.3, 0.4) is 0 Å². The third-order valence-electron chi connectivity index (χ3n) is 6.50. The van der Waals surface area contributed by atoms with Crippen molar-refractivity contribution in [3.63, 3.8) is 0 Å². The first-order chi connectivity index (χ1) is 12.5. The fraction of sp³-hybridized carbons (Fsp3) is 0.947. The van der Waals surface area contributed by atoms with Gasteiger partial charge in [0.05, 0.1) is 11.5 Å². The maximum atomic E-state index is 11.6. The summed E-state index contributed by atoms with van der Waals surface area (Å²) in [5.41, 5.74) is 0.271. The van der Waals surface area contributed by atoms with E-state index in [-0.39, 0.29) is 35.4 Å². The largest absolute Gasteiger partial charge is 0.356 e. The molecule has 0 bridgehead atoms. The molecule has 1 atom stereocenters. The Balaban J connectivity index is 0.00000261. The van der Waals surface area contributed by atoms with Crippen LogP contribution in [-0.4, -0.2) is 69.5 Å². The van der Waals surface area contributed by atoms with Crippen molar-refractivity contribution in [1.82, 2.24) is 15.5 Å². The van der Waals surface area contributed by atoms with Crippen molar-refractivity contribution in [2.24, 2.45) is 10.9 Å². The zero-order valence-electron chi connectivity index (χ0n) is 16.7. The summed E-state index contributed by atoms with van der Waals surface area (Å²) >= 11 is 0. The minimum absolute atomic E-state index is 0. The van der Waals surface area contributed by atoms with E-state index in [0.717, 1.165) is 18.9 Å². The van der Waals surface area contributed by atoms with E-state index in [1.807, 2.05) is 0 Å². The van der Waals surface area contributed by atoms with Crippen molar-refractivity contribution in [3.05, 3.63) is 0 Å². The molecule has 2 N–H and O–H groups in total. The summed E-state index contributed by atoms with van der Waals surface area (Å²) in [5, 5.41) is 6.93. The quantitative estimate of drug-likeness (QED) is 0.336. The second kappa shape index (κ2) is 10.6. The first-order valence-corrected chi connectivity index (χ1v) is 12.3. The molecule has 158 valence electrons. The lowest BCUT2D eigenvalue weighted by Gasteiger charge is -2.48. The Kier molecular flexibility index (Phi) is 9.12. The second-order valence-electron chi connectivity index (χ2n) is 8.41. The number of nitrogens with one attached hydrogen (secondary N) is 2. The number of piperidine rings is 1. The van der Waals surface area contributed by atoms with E-state index >= 15 is 0 Å². The van der Waals surface area contributed by atoms with E-state index in [1.54, 1.807) is 7.05 Å². The molecule has 8 heteroatoms. The van der Waals surface area contributed by atoms with Gasteiger partial charge in [0, 0.05) is 25.7 Å². The van der Waals surface area contributed by atoms with Gasteiger partial charge in [-0.25, -0.2) is 8.42 Å². The van der Waals surface area contributed by atoms with E-state index in [9.17, 15) is 8.42 Å². The van der Waals surface area contributed by atoms with Gasteiger partial charge in [-0.1, -0.05) is 25.7 Å². The van der Waals surface area contributed by atoms with Crippen molar-refractivity contribution in [2.45, 2.75) is 63.3 Å². The zero-order valence-corrected chi connectivity index (χ0v) is 19.9. The van der Waals surface area contributed by atoms with Crippen LogP contribution in [-0.2, 0) is 9.84 Å². The third-order valence-corrected chi connectivity index (χ3v) is 8.34. The van der Waals surface area contributed by atoms with Crippen LogP contribution in [0.15, 0.2) is 4.99 Å². The molecule has 0 radical (unpaired) electrons. The van der Waals surface area contributed by atoms with Gasteiger partial charge in [0.15, 0.2) is 15.8 Å². The molecule has 1 unspecified atom stereocenters. The lowest BCUT2D eigenvalue weighted by molar-refractivity contribution is 0.0368. The molecular weight excluding hydrogens is 475 g/mol. The SMILES string of the molecule is CN=C(NCC1CCS(=O)(=O)C1)NCC1(N2CCCCC2)CCCCC1.I.